The minimum atomic E-state index is -0.380. The fourth-order valence-corrected chi connectivity index (χ4v) is 6.52. The van der Waals surface area contributed by atoms with Crippen LogP contribution in [0.2, 0.25) is 5.02 Å². The third-order valence-corrected chi connectivity index (χ3v) is 9.15. The van der Waals surface area contributed by atoms with Crippen molar-refractivity contribution >= 4 is 35.2 Å². The van der Waals surface area contributed by atoms with Crippen LogP contribution in [0.15, 0.2) is 36.5 Å². The maximum atomic E-state index is 13.4. The van der Waals surface area contributed by atoms with Crippen LogP contribution in [-0.2, 0) is 9.53 Å². The summed E-state index contributed by atoms with van der Waals surface area (Å²) < 4.78 is 11.2. The minimum Gasteiger partial charge on any atom is -0.480 e. The van der Waals surface area contributed by atoms with Gasteiger partial charge in [-0.15, -0.1) is 0 Å². The molecule has 0 saturated carbocycles. The summed E-state index contributed by atoms with van der Waals surface area (Å²) >= 11 is 6.42. The number of piperidine rings is 1. The molecule has 11 heteroatoms. The smallest absolute Gasteiger partial charge is 0.414 e. The Kier molecular flexibility index (Phi) is 9.53. The summed E-state index contributed by atoms with van der Waals surface area (Å²) in [6, 6.07) is 9.17. The highest BCUT2D eigenvalue weighted by atomic mass is 35.5. The molecule has 5 rings (SSSR count). The fourth-order valence-electron chi connectivity index (χ4n) is 6.35. The number of carbonyl (C=O) groups is 3. The molecule has 2 aromatic rings. The predicted molar refractivity (Wildman–Crippen MR) is 160 cm³/mol. The number of pyridine rings is 1. The predicted octanol–water partition coefficient (Wildman–Crippen LogP) is 4.10. The molecule has 10 nitrogen and oxygen atoms in total. The van der Waals surface area contributed by atoms with Crippen LogP contribution < -0.4 is 9.64 Å². The molecule has 2 atom stereocenters. The van der Waals surface area contributed by atoms with Crippen molar-refractivity contribution in [1.29, 1.82) is 0 Å². The number of hydrogen-bond donors (Lipinski definition) is 0. The maximum absolute atomic E-state index is 13.4. The summed E-state index contributed by atoms with van der Waals surface area (Å²) in [6.07, 6.45) is 3.08. The molecule has 0 aliphatic carbocycles. The molecule has 0 radical (unpaired) electrons. The highest BCUT2D eigenvalue weighted by Crippen LogP contribution is 2.33. The van der Waals surface area contributed by atoms with E-state index in [1.165, 1.54) is 7.11 Å². The average molecular weight is 598 g/mol. The molecule has 3 aliphatic heterocycles. The molecule has 1 aromatic carbocycles. The first-order valence-corrected chi connectivity index (χ1v) is 15.1. The molecule has 3 fully saturated rings. The Labute approximate surface area is 252 Å². The van der Waals surface area contributed by atoms with E-state index in [1.54, 1.807) is 35.1 Å². The Balaban J connectivity index is 1.14. The van der Waals surface area contributed by atoms with Crippen molar-refractivity contribution in [3.8, 4) is 5.88 Å². The van der Waals surface area contributed by atoms with E-state index < -0.39 is 0 Å². The number of benzene rings is 1. The Morgan fingerprint density at radius 3 is 2.40 bits per heavy atom. The van der Waals surface area contributed by atoms with Crippen molar-refractivity contribution in [3.63, 3.8) is 0 Å². The summed E-state index contributed by atoms with van der Waals surface area (Å²) in [5.74, 6) is 1.23. The second kappa shape index (κ2) is 13.3. The molecule has 0 N–H and O–H groups in total. The first kappa shape index (κ1) is 30.1. The fraction of sp³-hybridized carbons (Fsp3) is 0.548. The molecule has 3 amide bonds. The van der Waals surface area contributed by atoms with E-state index >= 15 is 0 Å². The number of likely N-dealkylation sites (tertiary alicyclic amines) is 3. The zero-order valence-corrected chi connectivity index (χ0v) is 25.4. The number of amides is 3. The molecule has 3 saturated heterocycles. The first-order valence-electron chi connectivity index (χ1n) is 14.7. The quantitative estimate of drug-likeness (QED) is 0.452. The third kappa shape index (κ3) is 6.81. The number of anilines is 1. The molecular weight excluding hydrogens is 558 g/mol. The van der Waals surface area contributed by atoms with Crippen LogP contribution in [0.25, 0.3) is 0 Å². The monoisotopic (exact) mass is 597 g/mol. The van der Waals surface area contributed by atoms with Gasteiger partial charge < -0.3 is 24.2 Å². The number of methoxy groups -OCH3 is 1. The number of hydrogen-bond acceptors (Lipinski definition) is 7. The number of carbonyl (C=O) groups excluding carboxylic acids is 3. The van der Waals surface area contributed by atoms with Crippen molar-refractivity contribution in [3.05, 3.63) is 52.7 Å². The van der Waals surface area contributed by atoms with Crippen LogP contribution in [0.3, 0.4) is 0 Å². The lowest BCUT2D eigenvalue weighted by Crippen LogP contribution is -2.43. The van der Waals surface area contributed by atoms with E-state index in [1.807, 2.05) is 30.0 Å². The number of halogens is 1. The van der Waals surface area contributed by atoms with Crippen molar-refractivity contribution in [1.82, 2.24) is 19.7 Å². The van der Waals surface area contributed by atoms with Crippen LogP contribution in [0, 0.1) is 18.8 Å². The van der Waals surface area contributed by atoms with Crippen molar-refractivity contribution in [2.45, 2.75) is 39.2 Å². The van der Waals surface area contributed by atoms with E-state index in [2.05, 4.69) is 9.88 Å². The van der Waals surface area contributed by atoms with Gasteiger partial charge in [0.1, 0.15) is 11.7 Å². The minimum absolute atomic E-state index is 0.0289. The first-order chi connectivity index (χ1) is 20.2. The van der Waals surface area contributed by atoms with Gasteiger partial charge in [-0.1, -0.05) is 17.7 Å². The van der Waals surface area contributed by atoms with Gasteiger partial charge in [-0.2, -0.15) is 0 Å². The van der Waals surface area contributed by atoms with Gasteiger partial charge in [-0.05, 0) is 61.6 Å². The normalized spacial score (nSPS) is 20.9. The van der Waals surface area contributed by atoms with Crippen molar-refractivity contribution in [2.24, 2.45) is 11.8 Å². The summed E-state index contributed by atoms with van der Waals surface area (Å²) in [4.78, 5) is 50.2. The van der Waals surface area contributed by atoms with Gasteiger partial charge in [0.05, 0.1) is 7.11 Å². The lowest BCUT2D eigenvalue weighted by molar-refractivity contribution is -0.130. The highest BCUT2D eigenvalue weighted by molar-refractivity contribution is 6.31. The summed E-state index contributed by atoms with van der Waals surface area (Å²) in [7, 11) is 1.53. The number of rotatable bonds is 8. The van der Waals surface area contributed by atoms with Crippen LogP contribution in [0.1, 0.15) is 42.1 Å². The van der Waals surface area contributed by atoms with Crippen molar-refractivity contribution < 1.29 is 23.9 Å². The number of fused-ring (bicyclic) bond motifs is 1. The average Bonchev–Trinajstić information content (AvgIpc) is 3.56. The maximum Gasteiger partial charge on any atom is 0.414 e. The molecule has 42 heavy (non-hydrogen) atoms. The largest absolute Gasteiger partial charge is 0.480 e. The van der Waals surface area contributed by atoms with Gasteiger partial charge in [0.15, 0.2) is 0 Å². The lowest BCUT2D eigenvalue weighted by atomic mass is 10.0. The zero-order valence-electron chi connectivity index (χ0n) is 24.6. The lowest BCUT2D eigenvalue weighted by Gasteiger charge is -2.32. The Morgan fingerprint density at radius 1 is 1.05 bits per heavy atom. The summed E-state index contributed by atoms with van der Waals surface area (Å²) in [5, 5.41) is 0.607. The molecular formula is C31H40ClN5O5. The number of nitrogens with zero attached hydrogens (tertiary/aromatic N) is 5. The Bertz CT molecular complexity index is 1290. The van der Waals surface area contributed by atoms with Gasteiger partial charge in [-0.25, -0.2) is 9.78 Å². The van der Waals surface area contributed by atoms with Gasteiger partial charge in [0.25, 0.3) is 5.91 Å². The van der Waals surface area contributed by atoms with Crippen LogP contribution in [0.4, 0.5) is 10.5 Å². The van der Waals surface area contributed by atoms with Gasteiger partial charge >= 0.3 is 6.09 Å². The van der Waals surface area contributed by atoms with Gasteiger partial charge in [0.2, 0.25) is 11.8 Å². The number of aromatic nitrogens is 1. The molecule has 1 aromatic heterocycles. The molecule has 4 heterocycles. The summed E-state index contributed by atoms with van der Waals surface area (Å²) in [5.41, 5.74) is 2.17. The number of ether oxygens (including phenoxy) is 2. The van der Waals surface area contributed by atoms with Gasteiger partial charge in [-0.3, -0.25) is 14.5 Å². The second-order valence-electron chi connectivity index (χ2n) is 11.6. The van der Waals surface area contributed by atoms with Gasteiger partial charge in [0, 0.05) is 82.5 Å². The molecule has 3 aliphatic rings. The van der Waals surface area contributed by atoms with Crippen molar-refractivity contribution in [2.75, 3.05) is 64.4 Å². The Morgan fingerprint density at radius 2 is 1.76 bits per heavy atom. The highest BCUT2D eigenvalue weighted by Gasteiger charge is 2.42. The van der Waals surface area contributed by atoms with E-state index in [4.69, 9.17) is 21.1 Å². The standard InChI is InChI=1S/C31H40ClN5O5/c1-21-7-8-25(16-28(21)32)37(31(40)42-26-9-14-35(15-10-26)22(2)38)13-5-12-34-17-23-19-36(20-24(23)18-34)30(39)27-6-4-11-33-29(27)41-3/h4,6-8,11,16,23-24,26H,5,9-10,12-15,17-20H2,1-3H3. The molecule has 226 valence electrons. The SMILES string of the molecule is COc1ncccc1C(=O)N1CC2CN(CCCN(C(=O)OC3CCN(C(C)=O)CC3)c3ccc(C)c(Cl)c3)CC2C1. The van der Waals surface area contributed by atoms with E-state index in [9.17, 15) is 14.4 Å². The van der Waals surface area contributed by atoms with E-state index in [0.29, 0.717) is 60.8 Å². The van der Waals surface area contributed by atoms with Crippen LogP contribution >= 0.6 is 11.6 Å². The third-order valence-electron chi connectivity index (χ3n) is 8.74. The van der Waals surface area contributed by atoms with Crippen LogP contribution in [0.5, 0.6) is 5.88 Å². The molecule has 0 spiro atoms. The second-order valence-corrected chi connectivity index (χ2v) is 12.0. The zero-order chi connectivity index (χ0) is 29.8. The number of aryl methyl sites for hydroxylation is 1. The van der Waals surface area contributed by atoms with E-state index in [0.717, 1.165) is 50.4 Å². The summed E-state index contributed by atoms with van der Waals surface area (Å²) in [6.45, 7) is 9.34. The molecule has 0 bridgehead atoms. The van der Waals surface area contributed by atoms with Crippen LogP contribution in [-0.4, -0.2) is 103 Å². The topological polar surface area (TPSA) is 95.5 Å². The van der Waals surface area contributed by atoms with E-state index in [-0.39, 0.29) is 24.0 Å². The molecule has 2 unspecified atom stereocenters. The Hall–Kier alpha value is -3.37.